The highest BCUT2D eigenvalue weighted by molar-refractivity contribution is 7.51. The van der Waals surface area contributed by atoms with Crippen LogP contribution in [0.25, 0.3) is 0 Å². The molecule has 2 amide bonds. The second-order valence-electron chi connectivity index (χ2n) is 4.91. The molecule has 0 fully saturated rings. The van der Waals surface area contributed by atoms with Crippen molar-refractivity contribution in [1.82, 2.24) is 10.8 Å². The summed E-state index contributed by atoms with van der Waals surface area (Å²) >= 11 is 0. The molecule has 128 valence electrons. The van der Waals surface area contributed by atoms with E-state index in [2.05, 4.69) is 9.94 Å². The van der Waals surface area contributed by atoms with Gasteiger partial charge in [0, 0.05) is 6.66 Å². The van der Waals surface area contributed by atoms with Gasteiger partial charge >= 0.3 is 13.7 Å². The number of hydrogen-bond acceptors (Lipinski definition) is 5. The predicted octanol–water partition coefficient (Wildman–Crippen LogP) is 1.94. The van der Waals surface area contributed by atoms with Gasteiger partial charge in [-0.05, 0) is 12.0 Å². The molecule has 0 spiro atoms. The fourth-order valence-electron chi connectivity index (χ4n) is 1.67. The monoisotopic (exact) mass is 344 g/mol. The Morgan fingerprint density at radius 1 is 1.30 bits per heavy atom. The number of carbonyl (C=O) groups excluding carboxylic acids is 2. The Hall–Kier alpha value is -1.89. The highest BCUT2D eigenvalue weighted by Crippen LogP contribution is 2.34. The molecule has 0 aliphatic rings. The lowest BCUT2D eigenvalue weighted by atomic mass is 10.1. The number of carbonyl (C=O) groups is 2. The van der Waals surface area contributed by atoms with E-state index >= 15 is 0 Å². The third-order valence-corrected chi connectivity index (χ3v) is 3.14. The zero-order valence-corrected chi connectivity index (χ0v) is 13.9. The largest absolute Gasteiger partial charge is 0.445 e. The smallest absolute Gasteiger partial charge is 0.408 e. The molecule has 1 aromatic carbocycles. The summed E-state index contributed by atoms with van der Waals surface area (Å²) in [5.41, 5.74) is 2.68. The summed E-state index contributed by atoms with van der Waals surface area (Å²) < 4.78 is 20.4. The van der Waals surface area contributed by atoms with Crippen LogP contribution in [0.2, 0.25) is 0 Å². The second-order valence-corrected chi connectivity index (χ2v) is 6.70. The minimum Gasteiger partial charge on any atom is -0.445 e. The molecular formula is C14H21N2O6P. The molecule has 0 bridgehead atoms. The molecule has 8 nitrogen and oxygen atoms in total. The molecule has 3 N–H and O–H groups in total. The van der Waals surface area contributed by atoms with Crippen LogP contribution < -0.4 is 10.8 Å². The van der Waals surface area contributed by atoms with Crippen LogP contribution in [-0.2, 0) is 25.3 Å². The second kappa shape index (κ2) is 9.29. The van der Waals surface area contributed by atoms with Gasteiger partial charge in [0.2, 0.25) is 0 Å². The summed E-state index contributed by atoms with van der Waals surface area (Å²) in [7, 11) is -3.84. The first-order chi connectivity index (χ1) is 10.8. The molecule has 1 unspecified atom stereocenters. The van der Waals surface area contributed by atoms with Crippen LogP contribution in [0.15, 0.2) is 30.3 Å². The maximum absolute atomic E-state index is 11.9. The molecule has 0 radical (unpaired) electrons. The van der Waals surface area contributed by atoms with E-state index in [1.54, 1.807) is 12.1 Å². The van der Waals surface area contributed by atoms with E-state index in [-0.39, 0.29) is 6.61 Å². The lowest BCUT2D eigenvalue weighted by molar-refractivity contribution is -0.130. The summed E-state index contributed by atoms with van der Waals surface area (Å²) in [5, 5.41) is 2.40. The van der Waals surface area contributed by atoms with E-state index in [9.17, 15) is 14.2 Å². The quantitative estimate of drug-likeness (QED) is 0.490. The molecule has 2 atom stereocenters. The number of rotatable bonds is 8. The number of hydrogen-bond donors (Lipinski definition) is 3. The third-order valence-electron chi connectivity index (χ3n) is 2.71. The zero-order chi connectivity index (χ0) is 17.3. The van der Waals surface area contributed by atoms with Gasteiger partial charge in [0.25, 0.3) is 5.91 Å². The standard InChI is InChI=1S/C14H21N2O6P/c1-3-7-12(13(17)16-22-23(2,19)20)15-14(18)21-10-11-8-5-4-6-9-11/h4-6,8-9,12H,3,7,10H2,1-2H3,(H,15,18)(H,16,17)(H,19,20)/t12-/m0/s1. The minimum atomic E-state index is -3.84. The molecule has 0 saturated heterocycles. The number of ether oxygens (including phenoxy) is 1. The molecule has 0 saturated carbocycles. The summed E-state index contributed by atoms with van der Waals surface area (Å²) in [6.45, 7) is 2.84. The molecule has 9 heteroatoms. The molecule has 0 aromatic heterocycles. The Labute approximate surface area is 134 Å². The first kappa shape index (κ1) is 19.2. The van der Waals surface area contributed by atoms with Gasteiger partial charge in [0.05, 0.1) is 0 Å². The van der Waals surface area contributed by atoms with Crippen LogP contribution in [0, 0.1) is 0 Å². The van der Waals surface area contributed by atoms with Crippen molar-refractivity contribution in [3.63, 3.8) is 0 Å². The van der Waals surface area contributed by atoms with Crippen molar-refractivity contribution in [2.24, 2.45) is 0 Å². The number of benzene rings is 1. The topological polar surface area (TPSA) is 114 Å². The van der Waals surface area contributed by atoms with Crippen LogP contribution in [0.4, 0.5) is 4.79 Å². The molecule has 0 aliphatic carbocycles. The first-order valence-corrected chi connectivity index (χ1v) is 9.10. The Balaban J connectivity index is 2.48. The molecule has 0 aliphatic heterocycles. The van der Waals surface area contributed by atoms with Gasteiger partial charge in [0.1, 0.15) is 12.6 Å². The van der Waals surface area contributed by atoms with Gasteiger partial charge in [0.15, 0.2) is 0 Å². The van der Waals surface area contributed by atoms with E-state index in [0.29, 0.717) is 12.8 Å². The van der Waals surface area contributed by atoms with Gasteiger partial charge in [-0.3, -0.25) is 9.36 Å². The van der Waals surface area contributed by atoms with Crippen molar-refractivity contribution in [1.29, 1.82) is 0 Å². The van der Waals surface area contributed by atoms with Gasteiger partial charge in [-0.15, -0.1) is 0 Å². The van der Waals surface area contributed by atoms with Gasteiger partial charge in [-0.25, -0.2) is 10.3 Å². The average molecular weight is 344 g/mol. The fourth-order valence-corrected chi connectivity index (χ4v) is 1.92. The average Bonchev–Trinajstić information content (AvgIpc) is 2.50. The number of amides is 2. The highest BCUT2D eigenvalue weighted by atomic mass is 31.2. The molecular weight excluding hydrogens is 323 g/mol. The molecule has 1 rings (SSSR count). The maximum atomic E-state index is 11.9. The van der Waals surface area contributed by atoms with E-state index in [0.717, 1.165) is 12.2 Å². The Kier molecular flexibility index (Phi) is 7.74. The van der Waals surface area contributed by atoms with E-state index in [4.69, 9.17) is 9.63 Å². The number of nitrogens with one attached hydrogen (secondary N) is 2. The van der Waals surface area contributed by atoms with E-state index in [1.165, 1.54) is 0 Å². The maximum Gasteiger partial charge on any atom is 0.408 e. The van der Waals surface area contributed by atoms with Crippen molar-refractivity contribution < 1.29 is 28.4 Å². The third kappa shape index (κ3) is 8.35. The van der Waals surface area contributed by atoms with Crippen molar-refractivity contribution in [2.45, 2.75) is 32.4 Å². The van der Waals surface area contributed by atoms with Crippen molar-refractivity contribution in [3.8, 4) is 0 Å². The van der Waals surface area contributed by atoms with Crippen molar-refractivity contribution in [2.75, 3.05) is 6.66 Å². The van der Waals surface area contributed by atoms with Crippen LogP contribution >= 0.6 is 7.60 Å². The fraction of sp³-hybridized carbons (Fsp3) is 0.429. The first-order valence-electron chi connectivity index (χ1n) is 7.07. The van der Waals surface area contributed by atoms with Crippen LogP contribution in [-0.4, -0.2) is 29.6 Å². The SMILES string of the molecule is CCC[C@H](NC(=O)OCc1ccccc1)C(=O)NOP(C)(=O)O. The summed E-state index contributed by atoms with van der Waals surface area (Å²) in [5.74, 6) is -0.723. The minimum absolute atomic E-state index is 0.0738. The van der Waals surface area contributed by atoms with Gasteiger partial charge < -0.3 is 14.9 Å². The van der Waals surface area contributed by atoms with Crippen LogP contribution in [0.1, 0.15) is 25.3 Å². The van der Waals surface area contributed by atoms with Crippen molar-refractivity contribution >= 4 is 19.6 Å². The van der Waals surface area contributed by atoms with E-state index < -0.39 is 25.6 Å². The van der Waals surface area contributed by atoms with E-state index in [1.807, 2.05) is 30.6 Å². The lowest BCUT2D eigenvalue weighted by Gasteiger charge is -2.17. The zero-order valence-electron chi connectivity index (χ0n) is 13.0. The van der Waals surface area contributed by atoms with Crippen LogP contribution in [0.5, 0.6) is 0 Å². The normalized spacial score (nSPS) is 14.4. The summed E-state index contributed by atoms with van der Waals surface area (Å²) in [4.78, 5) is 32.6. The number of hydroxylamine groups is 1. The van der Waals surface area contributed by atoms with Crippen molar-refractivity contribution in [3.05, 3.63) is 35.9 Å². The predicted molar refractivity (Wildman–Crippen MR) is 83.4 cm³/mol. The Morgan fingerprint density at radius 3 is 2.52 bits per heavy atom. The molecule has 23 heavy (non-hydrogen) atoms. The van der Waals surface area contributed by atoms with Gasteiger partial charge in [-0.2, -0.15) is 4.62 Å². The van der Waals surface area contributed by atoms with Crippen LogP contribution in [0.3, 0.4) is 0 Å². The Morgan fingerprint density at radius 2 is 1.96 bits per heavy atom. The molecule has 1 aromatic rings. The molecule has 0 heterocycles. The summed E-state index contributed by atoms with van der Waals surface area (Å²) in [6, 6.07) is 8.17. The van der Waals surface area contributed by atoms with Gasteiger partial charge in [-0.1, -0.05) is 43.7 Å². The Bertz CT molecular complexity index is 560. The lowest BCUT2D eigenvalue weighted by Crippen LogP contribution is -2.46. The highest BCUT2D eigenvalue weighted by Gasteiger charge is 2.23. The summed E-state index contributed by atoms with van der Waals surface area (Å²) in [6.07, 6.45) is 0.181. The number of alkyl carbamates (subject to hydrolysis) is 1.